The van der Waals surface area contributed by atoms with Crippen LogP contribution >= 0.6 is 0 Å². The summed E-state index contributed by atoms with van der Waals surface area (Å²) in [4.78, 5) is 7.12. The third-order valence-corrected chi connectivity index (χ3v) is 5.02. The first-order chi connectivity index (χ1) is 11.9. The van der Waals surface area contributed by atoms with Crippen molar-refractivity contribution in [2.75, 3.05) is 16.9 Å². The Morgan fingerprint density at radius 1 is 1.08 bits per heavy atom. The van der Waals surface area contributed by atoms with Crippen molar-refractivity contribution in [2.45, 2.75) is 60.4 Å². The summed E-state index contributed by atoms with van der Waals surface area (Å²) < 4.78 is 6.31. The molecule has 4 nitrogen and oxygen atoms in total. The van der Waals surface area contributed by atoms with Crippen LogP contribution in [-0.4, -0.2) is 17.7 Å². The van der Waals surface area contributed by atoms with Crippen molar-refractivity contribution in [1.29, 1.82) is 0 Å². The minimum atomic E-state index is 0.534. The van der Waals surface area contributed by atoms with Gasteiger partial charge in [-0.25, -0.2) is 4.98 Å². The summed E-state index contributed by atoms with van der Waals surface area (Å²) in [5, 5.41) is 3.50. The normalized spacial score (nSPS) is 13.2. The van der Waals surface area contributed by atoms with Crippen LogP contribution in [0.5, 0.6) is 11.6 Å². The molecule has 0 amide bonds. The van der Waals surface area contributed by atoms with Crippen LogP contribution in [0.15, 0.2) is 18.2 Å². The molecule has 0 saturated heterocycles. The molecule has 0 spiro atoms. The maximum absolute atomic E-state index is 6.31. The van der Waals surface area contributed by atoms with E-state index in [2.05, 4.69) is 68.0 Å². The number of aromatic nitrogens is 1. The van der Waals surface area contributed by atoms with Crippen LogP contribution in [0.4, 0.5) is 11.4 Å². The van der Waals surface area contributed by atoms with Gasteiger partial charge in [0.05, 0.1) is 12.4 Å². The van der Waals surface area contributed by atoms with Gasteiger partial charge < -0.3 is 15.0 Å². The van der Waals surface area contributed by atoms with Gasteiger partial charge in [-0.2, -0.15) is 0 Å². The van der Waals surface area contributed by atoms with Crippen LogP contribution in [0.25, 0.3) is 0 Å². The zero-order valence-corrected chi connectivity index (χ0v) is 16.2. The standard InChI is InChI=1S/C21H29N3O/c1-7-17(8-2)24-12-22-19-18(24)11-16(6)23-21(19)25-20-14(4)9-13(3)10-15(20)5/h9-11,17,22H,7-8,12H2,1-6H3. The molecule has 1 aliphatic rings. The molecule has 0 bridgehead atoms. The summed E-state index contributed by atoms with van der Waals surface area (Å²) in [5.74, 6) is 1.59. The predicted octanol–water partition coefficient (Wildman–Crippen LogP) is 5.49. The Morgan fingerprint density at radius 3 is 2.32 bits per heavy atom. The average Bonchev–Trinajstić information content (AvgIpc) is 2.96. The van der Waals surface area contributed by atoms with E-state index in [1.807, 2.05) is 6.92 Å². The van der Waals surface area contributed by atoms with Gasteiger partial charge in [0.2, 0.25) is 5.88 Å². The molecular formula is C21H29N3O. The van der Waals surface area contributed by atoms with E-state index in [9.17, 15) is 0 Å². The first-order valence-electron chi connectivity index (χ1n) is 9.22. The first-order valence-corrected chi connectivity index (χ1v) is 9.22. The van der Waals surface area contributed by atoms with E-state index in [0.29, 0.717) is 11.9 Å². The minimum absolute atomic E-state index is 0.534. The molecular weight excluding hydrogens is 310 g/mol. The van der Waals surface area contributed by atoms with Crippen LogP contribution < -0.4 is 15.0 Å². The van der Waals surface area contributed by atoms with Crippen molar-refractivity contribution in [3.8, 4) is 11.6 Å². The van der Waals surface area contributed by atoms with Crippen LogP contribution in [0.2, 0.25) is 0 Å². The van der Waals surface area contributed by atoms with E-state index in [0.717, 1.165) is 47.8 Å². The number of fused-ring (bicyclic) bond motifs is 1. The molecule has 0 radical (unpaired) electrons. The quantitative estimate of drug-likeness (QED) is 0.782. The first kappa shape index (κ1) is 17.6. The second-order valence-corrected chi connectivity index (χ2v) is 7.07. The molecule has 0 aliphatic carbocycles. The molecule has 1 N–H and O–H groups in total. The zero-order chi connectivity index (χ0) is 18.1. The summed E-state index contributed by atoms with van der Waals surface area (Å²) in [5.41, 5.74) is 6.74. The van der Waals surface area contributed by atoms with Crippen molar-refractivity contribution < 1.29 is 4.74 Å². The van der Waals surface area contributed by atoms with E-state index in [1.54, 1.807) is 0 Å². The summed E-state index contributed by atoms with van der Waals surface area (Å²) in [6, 6.07) is 7.01. The van der Waals surface area contributed by atoms with Gasteiger partial charge in [0.1, 0.15) is 11.4 Å². The van der Waals surface area contributed by atoms with Crippen molar-refractivity contribution in [1.82, 2.24) is 4.98 Å². The number of nitrogens with zero attached hydrogens (tertiary/aromatic N) is 2. The van der Waals surface area contributed by atoms with Gasteiger partial charge in [-0.15, -0.1) is 0 Å². The Morgan fingerprint density at radius 2 is 1.72 bits per heavy atom. The number of hydrogen-bond donors (Lipinski definition) is 1. The highest BCUT2D eigenvalue weighted by atomic mass is 16.5. The maximum Gasteiger partial charge on any atom is 0.245 e. The van der Waals surface area contributed by atoms with Gasteiger partial charge in [0, 0.05) is 11.7 Å². The average molecular weight is 339 g/mol. The fraction of sp³-hybridized carbons (Fsp3) is 0.476. The number of rotatable bonds is 5. The van der Waals surface area contributed by atoms with E-state index in [4.69, 9.17) is 4.74 Å². The van der Waals surface area contributed by atoms with Gasteiger partial charge in [0.25, 0.3) is 0 Å². The smallest absolute Gasteiger partial charge is 0.245 e. The Kier molecular flexibility index (Phi) is 4.89. The fourth-order valence-corrected chi connectivity index (χ4v) is 3.82. The number of aryl methyl sites for hydroxylation is 4. The molecule has 3 rings (SSSR count). The molecule has 1 aromatic carbocycles. The highest BCUT2D eigenvalue weighted by Crippen LogP contribution is 2.43. The number of benzene rings is 1. The van der Waals surface area contributed by atoms with Crippen molar-refractivity contribution in [2.24, 2.45) is 0 Å². The molecule has 0 atom stereocenters. The molecule has 0 unspecified atom stereocenters. The Hall–Kier alpha value is -2.23. The second kappa shape index (κ2) is 6.95. The lowest BCUT2D eigenvalue weighted by Crippen LogP contribution is -2.34. The Bertz CT molecular complexity index is 758. The van der Waals surface area contributed by atoms with Crippen LogP contribution in [0.3, 0.4) is 0 Å². The molecule has 4 heteroatoms. The molecule has 1 aliphatic heterocycles. The minimum Gasteiger partial charge on any atom is -0.436 e. The summed E-state index contributed by atoms with van der Waals surface area (Å²) in [6.07, 6.45) is 2.26. The molecule has 25 heavy (non-hydrogen) atoms. The third kappa shape index (κ3) is 3.30. The van der Waals surface area contributed by atoms with Crippen LogP contribution in [0.1, 0.15) is 49.1 Å². The van der Waals surface area contributed by atoms with Gasteiger partial charge in [0.15, 0.2) is 0 Å². The lowest BCUT2D eigenvalue weighted by Gasteiger charge is -2.27. The van der Waals surface area contributed by atoms with Gasteiger partial charge >= 0.3 is 0 Å². The lowest BCUT2D eigenvalue weighted by molar-refractivity contribution is 0.457. The maximum atomic E-state index is 6.31. The highest BCUT2D eigenvalue weighted by Gasteiger charge is 2.28. The Labute approximate surface area is 151 Å². The van der Waals surface area contributed by atoms with Crippen LogP contribution in [-0.2, 0) is 0 Å². The number of nitrogens with one attached hydrogen (secondary N) is 1. The Balaban J connectivity index is 2.01. The second-order valence-electron chi connectivity index (χ2n) is 7.07. The van der Waals surface area contributed by atoms with E-state index < -0.39 is 0 Å². The third-order valence-electron chi connectivity index (χ3n) is 5.02. The zero-order valence-electron chi connectivity index (χ0n) is 16.2. The van der Waals surface area contributed by atoms with Crippen molar-refractivity contribution in [3.63, 3.8) is 0 Å². The summed E-state index contributed by atoms with van der Waals surface area (Å²) in [6.45, 7) is 13.6. The van der Waals surface area contributed by atoms with Crippen molar-refractivity contribution >= 4 is 11.4 Å². The van der Waals surface area contributed by atoms with E-state index >= 15 is 0 Å². The number of hydrogen-bond acceptors (Lipinski definition) is 4. The molecule has 1 aromatic heterocycles. The van der Waals surface area contributed by atoms with Crippen LogP contribution in [0, 0.1) is 27.7 Å². The number of anilines is 2. The molecule has 2 aromatic rings. The SMILES string of the molecule is CCC(CC)N1CNc2c1cc(C)nc2Oc1c(C)cc(C)cc1C. The van der Waals surface area contributed by atoms with Gasteiger partial charge in [-0.3, -0.25) is 0 Å². The van der Waals surface area contributed by atoms with E-state index in [1.165, 1.54) is 11.3 Å². The summed E-state index contributed by atoms with van der Waals surface area (Å²) >= 11 is 0. The highest BCUT2D eigenvalue weighted by molar-refractivity contribution is 5.80. The number of pyridine rings is 1. The van der Waals surface area contributed by atoms with E-state index in [-0.39, 0.29) is 0 Å². The molecule has 0 fully saturated rings. The predicted molar refractivity (Wildman–Crippen MR) is 105 cm³/mol. The lowest BCUT2D eigenvalue weighted by atomic mass is 10.1. The monoisotopic (exact) mass is 339 g/mol. The van der Waals surface area contributed by atoms with Gasteiger partial charge in [-0.05, 0) is 57.7 Å². The fourth-order valence-electron chi connectivity index (χ4n) is 3.82. The molecule has 2 heterocycles. The van der Waals surface area contributed by atoms with Gasteiger partial charge in [-0.1, -0.05) is 31.5 Å². The largest absolute Gasteiger partial charge is 0.436 e. The molecule has 0 saturated carbocycles. The summed E-state index contributed by atoms with van der Waals surface area (Å²) in [7, 11) is 0. The number of ether oxygens (including phenoxy) is 1. The molecule has 134 valence electrons. The van der Waals surface area contributed by atoms with Crippen molar-refractivity contribution in [3.05, 3.63) is 40.6 Å². The topological polar surface area (TPSA) is 37.4 Å².